The van der Waals surface area contributed by atoms with Crippen LogP contribution in [-0.2, 0) is 0 Å². The fourth-order valence-electron chi connectivity index (χ4n) is 2.99. The van der Waals surface area contributed by atoms with E-state index in [1.54, 1.807) is 0 Å². The summed E-state index contributed by atoms with van der Waals surface area (Å²) in [6.07, 6.45) is 5.67. The van der Waals surface area contributed by atoms with Gasteiger partial charge in [0.2, 0.25) is 0 Å². The van der Waals surface area contributed by atoms with E-state index < -0.39 is 5.82 Å². The number of rotatable bonds is 2. The lowest BCUT2D eigenvalue weighted by atomic mass is 9.89. The summed E-state index contributed by atoms with van der Waals surface area (Å²) < 4.78 is 15.4. The van der Waals surface area contributed by atoms with Crippen molar-refractivity contribution in [3.63, 3.8) is 0 Å². The summed E-state index contributed by atoms with van der Waals surface area (Å²) >= 11 is 5.94. The van der Waals surface area contributed by atoms with Crippen molar-refractivity contribution in [2.75, 3.05) is 11.6 Å². The number of anilines is 1. The molecule has 0 unspecified atom stereocenters. The SMILES string of the molecule is Nc1c(-c2cc(Cl)ccc2F)nc(C2CCCCC2)n1N. The van der Waals surface area contributed by atoms with Crippen LogP contribution in [0.4, 0.5) is 10.2 Å². The first-order valence-electron chi connectivity index (χ1n) is 7.16. The van der Waals surface area contributed by atoms with Crippen molar-refractivity contribution in [2.45, 2.75) is 38.0 Å². The highest BCUT2D eigenvalue weighted by Gasteiger charge is 2.25. The smallest absolute Gasteiger partial charge is 0.150 e. The number of imidazole rings is 1. The molecular weight excluding hydrogens is 291 g/mol. The third-order valence-corrected chi connectivity index (χ3v) is 4.36. The van der Waals surface area contributed by atoms with Crippen molar-refractivity contribution in [3.05, 3.63) is 34.9 Å². The van der Waals surface area contributed by atoms with Gasteiger partial charge in [0.05, 0.1) is 0 Å². The number of benzene rings is 1. The van der Waals surface area contributed by atoms with Crippen LogP contribution >= 0.6 is 11.6 Å². The van der Waals surface area contributed by atoms with E-state index >= 15 is 0 Å². The molecule has 1 aromatic carbocycles. The lowest BCUT2D eigenvalue weighted by Crippen LogP contribution is -2.19. The number of hydrogen-bond donors (Lipinski definition) is 2. The van der Waals surface area contributed by atoms with Crippen molar-refractivity contribution < 1.29 is 4.39 Å². The Labute approximate surface area is 127 Å². The molecule has 1 aliphatic carbocycles. The molecule has 0 bridgehead atoms. The molecule has 0 atom stereocenters. The quantitative estimate of drug-likeness (QED) is 0.831. The maximum absolute atomic E-state index is 14.0. The van der Waals surface area contributed by atoms with Crippen LogP contribution in [-0.4, -0.2) is 9.66 Å². The van der Waals surface area contributed by atoms with Gasteiger partial charge in [0.1, 0.15) is 17.3 Å². The fourth-order valence-corrected chi connectivity index (χ4v) is 3.16. The second-order valence-corrected chi connectivity index (χ2v) is 5.97. The van der Waals surface area contributed by atoms with Crippen molar-refractivity contribution in [1.82, 2.24) is 9.66 Å². The minimum absolute atomic E-state index is 0.275. The van der Waals surface area contributed by atoms with Crippen LogP contribution in [0.1, 0.15) is 43.8 Å². The number of nitrogens with zero attached hydrogens (tertiary/aromatic N) is 2. The van der Waals surface area contributed by atoms with Gasteiger partial charge in [0, 0.05) is 16.5 Å². The predicted octanol–water partition coefficient (Wildman–Crippen LogP) is 3.69. The maximum atomic E-state index is 14.0. The van der Waals surface area contributed by atoms with Crippen LogP contribution in [0, 0.1) is 5.82 Å². The van der Waals surface area contributed by atoms with Gasteiger partial charge >= 0.3 is 0 Å². The summed E-state index contributed by atoms with van der Waals surface area (Å²) in [7, 11) is 0. The Bertz CT molecular complexity index is 662. The summed E-state index contributed by atoms with van der Waals surface area (Å²) in [5.74, 6) is 6.94. The Morgan fingerprint density at radius 1 is 1.24 bits per heavy atom. The molecule has 1 heterocycles. The highest BCUT2D eigenvalue weighted by Crippen LogP contribution is 2.36. The van der Waals surface area contributed by atoms with Crippen molar-refractivity contribution in [1.29, 1.82) is 0 Å². The predicted molar refractivity (Wildman–Crippen MR) is 83.0 cm³/mol. The number of hydrogen-bond acceptors (Lipinski definition) is 3. The average Bonchev–Trinajstić information content (AvgIpc) is 2.79. The minimum atomic E-state index is -0.403. The van der Waals surface area contributed by atoms with Crippen molar-refractivity contribution >= 4 is 17.4 Å². The summed E-state index contributed by atoms with van der Waals surface area (Å²) in [5.41, 5.74) is 6.69. The zero-order valence-electron chi connectivity index (χ0n) is 11.6. The Morgan fingerprint density at radius 2 is 1.95 bits per heavy atom. The van der Waals surface area contributed by atoms with Crippen LogP contribution < -0.4 is 11.6 Å². The monoisotopic (exact) mass is 308 g/mol. The van der Waals surface area contributed by atoms with Gasteiger partial charge in [-0.3, -0.25) is 0 Å². The highest BCUT2D eigenvalue weighted by molar-refractivity contribution is 6.30. The molecule has 0 radical (unpaired) electrons. The van der Waals surface area contributed by atoms with E-state index in [4.69, 9.17) is 23.2 Å². The average molecular weight is 309 g/mol. The van der Waals surface area contributed by atoms with E-state index in [0.29, 0.717) is 22.2 Å². The zero-order chi connectivity index (χ0) is 15.0. The maximum Gasteiger partial charge on any atom is 0.150 e. The van der Waals surface area contributed by atoms with Crippen molar-refractivity contribution in [2.24, 2.45) is 0 Å². The molecule has 1 saturated carbocycles. The van der Waals surface area contributed by atoms with Crippen LogP contribution in [0.5, 0.6) is 0 Å². The second-order valence-electron chi connectivity index (χ2n) is 5.53. The second kappa shape index (κ2) is 5.56. The van der Waals surface area contributed by atoms with Gasteiger partial charge < -0.3 is 11.6 Å². The van der Waals surface area contributed by atoms with E-state index in [2.05, 4.69) is 4.98 Å². The number of nitrogens with two attached hydrogens (primary N) is 2. The zero-order valence-corrected chi connectivity index (χ0v) is 12.4. The molecule has 1 fully saturated rings. The van der Waals surface area contributed by atoms with E-state index in [0.717, 1.165) is 31.5 Å². The number of aromatic nitrogens is 2. The van der Waals surface area contributed by atoms with Gasteiger partial charge in [-0.2, -0.15) is 0 Å². The lowest BCUT2D eigenvalue weighted by molar-refractivity contribution is 0.424. The molecule has 0 spiro atoms. The summed E-state index contributed by atoms with van der Waals surface area (Å²) in [6.45, 7) is 0. The summed E-state index contributed by atoms with van der Waals surface area (Å²) in [5, 5.41) is 0.441. The van der Waals surface area contributed by atoms with Gasteiger partial charge in [-0.05, 0) is 31.0 Å². The first-order valence-corrected chi connectivity index (χ1v) is 7.54. The number of nitrogen functional groups attached to an aromatic ring is 2. The van der Waals surface area contributed by atoms with Crippen LogP contribution in [0.25, 0.3) is 11.3 Å². The van der Waals surface area contributed by atoms with Gasteiger partial charge in [-0.1, -0.05) is 30.9 Å². The molecule has 2 aromatic rings. The molecule has 112 valence electrons. The molecule has 4 nitrogen and oxygen atoms in total. The van der Waals surface area contributed by atoms with Crippen molar-refractivity contribution in [3.8, 4) is 11.3 Å². The van der Waals surface area contributed by atoms with Crippen LogP contribution in [0.15, 0.2) is 18.2 Å². The van der Waals surface area contributed by atoms with Gasteiger partial charge in [0.25, 0.3) is 0 Å². The molecular formula is C15H18ClFN4. The Kier molecular flexibility index (Phi) is 3.76. The topological polar surface area (TPSA) is 69.9 Å². The molecule has 1 aliphatic rings. The molecule has 3 rings (SSSR count). The van der Waals surface area contributed by atoms with Crippen LogP contribution in [0.3, 0.4) is 0 Å². The number of halogens is 2. The van der Waals surface area contributed by atoms with Crippen LogP contribution in [0.2, 0.25) is 5.02 Å². The van der Waals surface area contributed by atoms with E-state index in [-0.39, 0.29) is 5.82 Å². The molecule has 6 heteroatoms. The normalized spacial score (nSPS) is 16.3. The third-order valence-electron chi connectivity index (χ3n) is 4.13. The molecule has 0 aliphatic heterocycles. The molecule has 0 amide bonds. The lowest BCUT2D eigenvalue weighted by Gasteiger charge is -2.20. The third kappa shape index (κ3) is 2.58. The first-order chi connectivity index (χ1) is 10.1. The Morgan fingerprint density at radius 3 is 2.67 bits per heavy atom. The highest BCUT2D eigenvalue weighted by atomic mass is 35.5. The first kappa shape index (κ1) is 14.2. The standard InChI is InChI=1S/C15H18ClFN4/c16-10-6-7-12(17)11(8-10)13-14(18)21(19)15(20-13)9-4-2-1-3-5-9/h6-9H,1-5,18-19H2. The molecule has 21 heavy (non-hydrogen) atoms. The van der Waals surface area contributed by atoms with E-state index in [1.807, 2.05) is 0 Å². The Balaban J connectivity index is 2.05. The fraction of sp³-hybridized carbons (Fsp3) is 0.400. The largest absolute Gasteiger partial charge is 0.382 e. The summed E-state index contributed by atoms with van der Waals surface area (Å²) in [4.78, 5) is 4.52. The Hall–Kier alpha value is -1.75. The molecule has 4 N–H and O–H groups in total. The summed E-state index contributed by atoms with van der Waals surface area (Å²) in [6, 6.07) is 4.34. The van der Waals surface area contributed by atoms with E-state index in [1.165, 1.54) is 29.3 Å². The van der Waals surface area contributed by atoms with Gasteiger partial charge in [-0.15, -0.1) is 0 Å². The van der Waals surface area contributed by atoms with Gasteiger partial charge in [0.15, 0.2) is 5.82 Å². The molecule has 0 saturated heterocycles. The minimum Gasteiger partial charge on any atom is -0.382 e. The van der Waals surface area contributed by atoms with Gasteiger partial charge in [-0.25, -0.2) is 14.1 Å². The molecule has 1 aromatic heterocycles. The van der Waals surface area contributed by atoms with E-state index in [9.17, 15) is 4.39 Å².